The highest BCUT2D eigenvalue weighted by molar-refractivity contribution is 7.91. The van der Waals surface area contributed by atoms with E-state index in [1.165, 1.54) is 25.1 Å². The Kier molecular flexibility index (Phi) is 4.96. The summed E-state index contributed by atoms with van der Waals surface area (Å²) in [5, 5.41) is 0. The maximum atomic E-state index is 12.1. The molecule has 114 valence electrons. The summed E-state index contributed by atoms with van der Waals surface area (Å²) in [4.78, 5) is -0.0915. The first-order valence-corrected chi connectivity index (χ1v) is 9.23. The fraction of sp³-hybridized carbons (Fsp3) is 0.500. The summed E-state index contributed by atoms with van der Waals surface area (Å²) in [6.45, 7) is 4.94. The molecule has 3 N–H and O–H groups in total. The van der Waals surface area contributed by atoms with E-state index in [0.29, 0.717) is 0 Å². The topological polar surface area (TPSA) is 106 Å². The summed E-state index contributed by atoms with van der Waals surface area (Å²) in [5.41, 5.74) is 5.02. The van der Waals surface area contributed by atoms with Crippen LogP contribution in [0.5, 0.6) is 0 Å². The van der Waals surface area contributed by atoms with Gasteiger partial charge in [-0.3, -0.25) is 0 Å². The molecular weight excluding hydrogens is 300 g/mol. The molecule has 0 aliphatic rings. The Morgan fingerprint density at radius 3 is 2.20 bits per heavy atom. The van der Waals surface area contributed by atoms with Crippen LogP contribution in [0, 0.1) is 0 Å². The van der Waals surface area contributed by atoms with Crippen molar-refractivity contribution < 1.29 is 16.8 Å². The van der Waals surface area contributed by atoms with E-state index in [1.807, 2.05) is 0 Å². The lowest BCUT2D eigenvalue weighted by molar-refractivity contribution is 0.498. The van der Waals surface area contributed by atoms with Crippen LogP contribution >= 0.6 is 0 Å². The minimum Gasteiger partial charge on any atom is -0.324 e. The molecule has 0 aliphatic carbocycles. The smallest absolute Gasteiger partial charge is 0.240 e. The number of benzene rings is 1. The first kappa shape index (κ1) is 17.1. The minimum absolute atomic E-state index is 0.00474. The number of hydrogen-bond donors (Lipinski definition) is 2. The van der Waals surface area contributed by atoms with Crippen molar-refractivity contribution in [3.63, 3.8) is 0 Å². The number of rotatable bonds is 6. The van der Waals surface area contributed by atoms with E-state index in [1.54, 1.807) is 13.8 Å². The zero-order valence-electron chi connectivity index (χ0n) is 11.8. The van der Waals surface area contributed by atoms with Gasteiger partial charge in [0.1, 0.15) is 0 Å². The lowest BCUT2D eigenvalue weighted by Gasteiger charge is -2.19. The summed E-state index contributed by atoms with van der Waals surface area (Å²) in [6.07, 6.45) is 0. The maximum Gasteiger partial charge on any atom is 0.240 e. The third kappa shape index (κ3) is 4.55. The van der Waals surface area contributed by atoms with Gasteiger partial charge in [-0.05, 0) is 32.0 Å². The van der Waals surface area contributed by atoms with E-state index in [4.69, 9.17) is 5.73 Å². The maximum absolute atomic E-state index is 12.1. The fourth-order valence-electron chi connectivity index (χ4n) is 1.37. The number of nitrogens with two attached hydrogens (primary N) is 1. The zero-order chi connectivity index (χ0) is 15.6. The predicted octanol–water partition coefficient (Wildman–Crippen LogP) is 0.496. The number of hydrogen-bond acceptors (Lipinski definition) is 5. The van der Waals surface area contributed by atoms with E-state index < -0.39 is 25.4 Å². The zero-order valence-corrected chi connectivity index (χ0v) is 13.4. The van der Waals surface area contributed by atoms with Crippen LogP contribution in [0.4, 0.5) is 0 Å². The van der Waals surface area contributed by atoms with Crippen molar-refractivity contribution in [1.29, 1.82) is 0 Å². The molecule has 0 saturated carbocycles. The molecular formula is C12H20N2O4S2. The Labute approximate surface area is 120 Å². The molecule has 0 spiro atoms. The molecule has 0 aliphatic heterocycles. The van der Waals surface area contributed by atoms with Gasteiger partial charge >= 0.3 is 0 Å². The molecule has 8 heteroatoms. The summed E-state index contributed by atoms with van der Waals surface area (Å²) in [7, 11) is -7.22. The molecule has 0 radical (unpaired) electrons. The predicted molar refractivity (Wildman–Crippen MR) is 77.6 cm³/mol. The van der Waals surface area contributed by atoms with E-state index in [2.05, 4.69) is 4.72 Å². The molecule has 1 aromatic carbocycles. The molecule has 0 atom stereocenters. The second-order valence-electron chi connectivity index (χ2n) is 5.19. The van der Waals surface area contributed by atoms with Gasteiger partial charge in [0.25, 0.3) is 0 Å². The molecule has 1 rings (SSSR count). The van der Waals surface area contributed by atoms with Gasteiger partial charge in [-0.2, -0.15) is 0 Å². The van der Waals surface area contributed by atoms with Gasteiger partial charge in [0.15, 0.2) is 9.84 Å². The molecule has 6 nitrogen and oxygen atoms in total. The van der Waals surface area contributed by atoms with Crippen molar-refractivity contribution in [1.82, 2.24) is 4.72 Å². The Bertz CT molecular complexity index is 674. The number of sulfonamides is 1. The monoisotopic (exact) mass is 320 g/mol. The SMILES string of the molecule is CCS(=O)(=O)c1cccc(S(=O)(=O)NCC(C)(C)N)c1. The van der Waals surface area contributed by atoms with Crippen LogP contribution in [0.3, 0.4) is 0 Å². The summed E-state index contributed by atoms with van der Waals surface area (Å²) < 4.78 is 50.1. The van der Waals surface area contributed by atoms with E-state index in [9.17, 15) is 16.8 Å². The van der Waals surface area contributed by atoms with Crippen LogP contribution in [0.2, 0.25) is 0 Å². The van der Waals surface area contributed by atoms with Crippen LogP contribution in [-0.4, -0.2) is 34.7 Å². The van der Waals surface area contributed by atoms with Gasteiger partial charge in [-0.1, -0.05) is 13.0 Å². The normalized spacial score (nSPS) is 13.4. The lowest BCUT2D eigenvalue weighted by Crippen LogP contribution is -2.45. The standard InChI is InChI=1S/C12H20N2O4S2/c1-4-19(15,16)10-6-5-7-11(8-10)20(17,18)14-9-12(2,3)13/h5-8,14H,4,9,13H2,1-3H3. The Morgan fingerprint density at radius 1 is 1.15 bits per heavy atom. The second-order valence-corrected chi connectivity index (χ2v) is 9.24. The van der Waals surface area contributed by atoms with Gasteiger partial charge in [-0.25, -0.2) is 21.6 Å². The molecule has 0 aromatic heterocycles. The highest BCUT2D eigenvalue weighted by Crippen LogP contribution is 2.17. The van der Waals surface area contributed by atoms with E-state index in [-0.39, 0.29) is 22.1 Å². The van der Waals surface area contributed by atoms with Gasteiger partial charge in [0, 0.05) is 12.1 Å². The lowest BCUT2D eigenvalue weighted by atomic mass is 10.1. The van der Waals surface area contributed by atoms with Crippen molar-refractivity contribution in [3.8, 4) is 0 Å². The van der Waals surface area contributed by atoms with Gasteiger partial charge in [-0.15, -0.1) is 0 Å². The van der Waals surface area contributed by atoms with Crippen LogP contribution in [0.25, 0.3) is 0 Å². The van der Waals surface area contributed by atoms with Crippen LogP contribution < -0.4 is 10.5 Å². The second kappa shape index (κ2) is 5.80. The molecule has 0 saturated heterocycles. The molecule has 0 fully saturated rings. The third-order valence-electron chi connectivity index (χ3n) is 2.57. The average Bonchev–Trinajstić information content (AvgIpc) is 2.36. The van der Waals surface area contributed by atoms with E-state index >= 15 is 0 Å². The highest BCUT2D eigenvalue weighted by Gasteiger charge is 2.21. The largest absolute Gasteiger partial charge is 0.324 e. The summed E-state index contributed by atoms with van der Waals surface area (Å²) in [5.74, 6) is -0.0836. The molecule has 0 bridgehead atoms. The highest BCUT2D eigenvalue weighted by atomic mass is 32.2. The van der Waals surface area contributed by atoms with Crippen molar-refractivity contribution in [2.75, 3.05) is 12.3 Å². The van der Waals surface area contributed by atoms with Gasteiger partial charge in [0.05, 0.1) is 15.5 Å². The van der Waals surface area contributed by atoms with Crippen LogP contribution in [0.15, 0.2) is 34.1 Å². The quantitative estimate of drug-likeness (QED) is 0.793. The molecule has 0 amide bonds. The van der Waals surface area contributed by atoms with Gasteiger partial charge < -0.3 is 5.73 Å². The summed E-state index contributed by atoms with van der Waals surface area (Å²) >= 11 is 0. The third-order valence-corrected chi connectivity index (χ3v) is 5.70. The fourth-order valence-corrected chi connectivity index (χ4v) is 3.63. The Balaban J connectivity index is 3.12. The van der Waals surface area contributed by atoms with E-state index in [0.717, 1.165) is 6.07 Å². The molecule has 1 aromatic rings. The van der Waals surface area contributed by atoms with Gasteiger partial charge in [0.2, 0.25) is 10.0 Å². The first-order chi connectivity index (χ1) is 8.98. The Morgan fingerprint density at radius 2 is 1.70 bits per heavy atom. The van der Waals surface area contributed by atoms with Crippen molar-refractivity contribution in [2.45, 2.75) is 36.1 Å². The number of nitrogens with one attached hydrogen (secondary N) is 1. The minimum atomic E-state index is -3.78. The van der Waals surface area contributed by atoms with Crippen LogP contribution in [0.1, 0.15) is 20.8 Å². The number of sulfone groups is 1. The molecule has 0 unspecified atom stereocenters. The first-order valence-electron chi connectivity index (χ1n) is 6.09. The Hall–Kier alpha value is -0.960. The molecule has 20 heavy (non-hydrogen) atoms. The van der Waals surface area contributed by atoms with Crippen molar-refractivity contribution in [2.24, 2.45) is 5.73 Å². The van der Waals surface area contributed by atoms with Crippen molar-refractivity contribution in [3.05, 3.63) is 24.3 Å². The average molecular weight is 320 g/mol. The molecule has 0 heterocycles. The van der Waals surface area contributed by atoms with Crippen molar-refractivity contribution >= 4 is 19.9 Å². The van der Waals surface area contributed by atoms with Crippen LogP contribution in [-0.2, 0) is 19.9 Å². The summed E-state index contributed by atoms with van der Waals surface area (Å²) in [6, 6.07) is 5.29.